The van der Waals surface area contributed by atoms with Crippen LogP contribution in [0.25, 0.3) is 0 Å². The fourth-order valence-corrected chi connectivity index (χ4v) is 2.70. The summed E-state index contributed by atoms with van der Waals surface area (Å²) in [4.78, 5) is 0. The third-order valence-corrected chi connectivity index (χ3v) is 4.27. The summed E-state index contributed by atoms with van der Waals surface area (Å²) >= 11 is 0. The summed E-state index contributed by atoms with van der Waals surface area (Å²) in [6, 6.07) is 9.99. The minimum atomic E-state index is -4.23. The van der Waals surface area contributed by atoms with E-state index in [1.807, 2.05) is 30.3 Å². The molecule has 146 valence electrons. The lowest BCUT2D eigenvalue weighted by molar-refractivity contribution is 0.261. The zero-order valence-corrected chi connectivity index (χ0v) is 16.3. The molecule has 5 nitrogen and oxygen atoms in total. The molecule has 0 atom stereocenters. The Hall–Kier alpha value is -0.950. The van der Waals surface area contributed by atoms with Crippen molar-refractivity contribution >= 4 is 10.4 Å². The minimum Gasteiger partial charge on any atom is -0.326 e. The Balaban J connectivity index is 0.000000593. The molecule has 6 heteroatoms. The molecule has 0 heterocycles. The van der Waals surface area contributed by atoms with Gasteiger partial charge in [-0.2, -0.15) is 8.42 Å². The Morgan fingerprint density at radius 2 is 1.36 bits per heavy atom. The summed E-state index contributed by atoms with van der Waals surface area (Å²) in [7, 11) is -4.23. The molecule has 0 aromatic heterocycles. The fourth-order valence-electron chi connectivity index (χ4n) is 2.37. The smallest absolute Gasteiger partial charge is 0.326 e. The monoisotopic (exact) mass is 373 g/mol. The topological polar surface area (TPSA) is 89.6 Å². The van der Waals surface area contributed by atoms with Crippen molar-refractivity contribution < 1.29 is 17.2 Å². The van der Waals surface area contributed by atoms with Gasteiger partial charge in [0.05, 0.1) is 6.61 Å². The minimum absolute atomic E-state index is 0.0926. The van der Waals surface area contributed by atoms with Gasteiger partial charge in [-0.3, -0.25) is 4.55 Å². The third kappa shape index (κ3) is 19.2. The Kier molecular flexibility index (Phi) is 15.9. The molecule has 0 saturated carbocycles. The van der Waals surface area contributed by atoms with Crippen molar-refractivity contribution in [1.82, 2.24) is 0 Å². The third-order valence-electron chi connectivity index (χ3n) is 3.81. The molecule has 0 aliphatic rings. The van der Waals surface area contributed by atoms with Gasteiger partial charge in [-0.05, 0) is 12.0 Å². The van der Waals surface area contributed by atoms with E-state index in [1.165, 1.54) is 50.5 Å². The molecule has 0 amide bonds. The van der Waals surface area contributed by atoms with E-state index >= 15 is 0 Å². The van der Waals surface area contributed by atoms with Gasteiger partial charge in [-0.25, -0.2) is 4.18 Å². The summed E-state index contributed by atoms with van der Waals surface area (Å²) in [6.45, 7) is 2.95. The van der Waals surface area contributed by atoms with E-state index < -0.39 is 10.4 Å². The molecule has 1 aromatic carbocycles. The van der Waals surface area contributed by atoms with E-state index in [9.17, 15) is 8.42 Å². The second-order valence-corrected chi connectivity index (χ2v) is 7.21. The van der Waals surface area contributed by atoms with Crippen LogP contribution in [0, 0.1) is 0 Å². The highest BCUT2D eigenvalue weighted by Gasteiger charge is 2.02. The lowest BCUT2D eigenvalue weighted by Crippen LogP contribution is -2.04. The lowest BCUT2D eigenvalue weighted by atomic mass is 10.1. The van der Waals surface area contributed by atoms with Gasteiger partial charge in [-0.15, -0.1) is 0 Å². The molecular formula is C19H35NO4S. The molecular weight excluding hydrogens is 338 g/mol. The molecule has 0 aliphatic heterocycles. The van der Waals surface area contributed by atoms with E-state index in [0.717, 1.165) is 12.8 Å². The Labute approximate surface area is 153 Å². The van der Waals surface area contributed by atoms with Gasteiger partial charge in [0, 0.05) is 6.54 Å². The molecule has 25 heavy (non-hydrogen) atoms. The number of benzene rings is 1. The first kappa shape index (κ1) is 24.1. The SMILES string of the molecule is CCCCCCCCCCCCOS(=O)(=O)O.NCc1ccccc1. The fraction of sp³-hybridized carbons (Fsp3) is 0.684. The van der Waals surface area contributed by atoms with Crippen molar-refractivity contribution in [3.05, 3.63) is 35.9 Å². The van der Waals surface area contributed by atoms with Crippen LogP contribution in [-0.4, -0.2) is 19.6 Å². The standard InChI is InChI=1S/C12H26O4S.C7H9N/c1-2-3-4-5-6-7-8-9-10-11-12-16-17(13,14)15;8-6-7-4-2-1-3-5-7/h2-12H2,1H3,(H,13,14,15);1-5H,6,8H2. The van der Waals surface area contributed by atoms with E-state index in [-0.39, 0.29) is 6.61 Å². The van der Waals surface area contributed by atoms with E-state index in [1.54, 1.807) is 0 Å². The molecule has 0 fully saturated rings. The number of unbranched alkanes of at least 4 members (excludes halogenated alkanes) is 9. The van der Waals surface area contributed by atoms with Gasteiger partial charge >= 0.3 is 10.4 Å². The lowest BCUT2D eigenvalue weighted by Gasteiger charge is -2.02. The highest BCUT2D eigenvalue weighted by atomic mass is 32.3. The van der Waals surface area contributed by atoms with Gasteiger partial charge in [0.25, 0.3) is 0 Å². The van der Waals surface area contributed by atoms with Gasteiger partial charge in [0.15, 0.2) is 0 Å². The Bertz CT molecular complexity index is 491. The highest BCUT2D eigenvalue weighted by molar-refractivity contribution is 7.80. The van der Waals surface area contributed by atoms with Crippen molar-refractivity contribution in [3.8, 4) is 0 Å². The molecule has 0 radical (unpaired) electrons. The molecule has 0 unspecified atom stereocenters. The van der Waals surface area contributed by atoms with Crippen LogP contribution in [0.3, 0.4) is 0 Å². The number of hydrogen-bond donors (Lipinski definition) is 2. The van der Waals surface area contributed by atoms with Crippen molar-refractivity contribution in [1.29, 1.82) is 0 Å². The second kappa shape index (κ2) is 16.5. The number of rotatable bonds is 13. The zero-order valence-electron chi connectivity index (χ0n) is 15.5. The van der Waals surface area contributed by atoms with Crippen LogP contribution in [-0.2, 0) is 21.1 Å². The molecule has 1 aromatic rings. The van der Waals surface area contributed by atoms with Crippen LogP contribution < -0.4 is 5.73 Å². The average molecular weight is 374 g/mol. The van der Waals surface area contributed by atoms with Gasteiger partial charge in [-0.1, -0.05) is 95.0 Å². The predicted octanol–water partition coefficient (Wildman–Crippen LogP) is 4.87. The maximum atomic E-state index is 10.2. The average Bonchev–Trinajstić information content (AvgIpc) is 2.60. The van der Waals surface area contributed by atoms with Crippen molar-refractivity contribution in [2.45, 2.75) is 77.7 Å². The van der Waals surface area contributed by atoms with Crippen LogP contribution >= 0.6 is 0 Å². The van der Waals surface area contributed by atoms with Crippen LogP contribution in [0.5, 0.6) is 0 Å². The van der Waals surface area contributed by atoms with Crippen molar-refractivity contribution in [2.24, 2.45) is 5.73 Å². The predicted molar refractivity (Wildman–Crippen MR) is 104 cm³/mol. The van der Waals surface area contributed by atoms with Crippen LogP contribution in [0.15, 0.2) is 30.3 Å². The molecule has 1 rings (SSSR count). The highest BCUT2D eigenvalue weighted by Crippen LogP contribution is 2.10. The maximum Gasteiger partial charge on any atom is 0.397 e. The van der Waals surface area contributed by atoms with Gasteiger partial charge in [0.2, 0.25) is 0 Å². The van der Waals surface area contributed by atoms with E-state index in [4.69, 9.17) is 10.3 Å². The molecule has 0 aliphatic carbocycles. The first-order valence-corrected chi connectivity index (χ1v) is 10.7. The second-order valence-electron chi connectivity index (χ2n) is 6.12. The summed E-state index contributed by atoms with van der Waals surface area (Å²) in [6.07, 6.45) is 11.9. The largest absolute Gasteiger partial charge is 0.397 e. The van der Waals surface area contributed by atoms with Crippen LogP contribution in [0.1, 0.15) is 76.7 Å². The normalized spacial score (nSPS) is 11.0. The number of hydrogen-bond acceptors (Lipinski definition) is 4. The summed E-state index contributed by atoms with van der Waals surface area (Å²) < 4.78 is 33.0. The van der Waals surface area contributed by atoms with E-state index in [0.29, 0.717) is 13.0 Å². The summed E-state index contributed by atoms with van der Waals surface area (Å²) in [5, 5.41) is 0. The summed E-state index contributed by atoms with van der Waals surface area (Å²) in [5.74, 6) is 0. The van der Waals surface area contributed by atoms with Crippen molar-refractivity contribution in [3.63, 3.8) is 0 Å². The van der Waals surface area contributed by atoms with Gasteiger partial charge in [0.1, 0.15) is 0 Å². The summed E-state index contributed by atoms with van der Waals surface area (Å²) in [5.41, 5.74) is 6.54. The number of nitrogens with two attached hydrogens (primary N) is 1. The van der Waals surface area contributed by atoms with Crippen LogP contribution in [0.2, 0.25) is 0 Å². The van der Waals surface area contributed by atoms with Crippen molar-refractivity contribution in [2.75, 3.05) is 6.61 Å². The first-order valence-electron chi connectivity index (χ1n) is 9.35. The Morgan fingerprint density at radius 1 is 0.880 bits per heavy atom. The van der Waals surface area contributed by atoms with Gasteiger partial charge < -0.3 is 5.73 Å². The molecule has 0 spiro atoms. The molecule has 3 N–H and O–H groups in total. The van der Waals surface area contributed by atoms with Crippen LogP contribution in [0.4, 0.5) is 0 Å². The maximum absolute atomic E-state index is 10.2. The molecule has 0 bridgehead atoms. The quantitative estimate of drug-likeness (QED) is 0.380. The van der Waals surface area contributed by atoms with E-state index in [2.05, 4.69) is 11.1 Å². The zero-order chi connectivity index (χ0) is 18.8. The molecule has 0 saturated heterocycles. The Morgan fingerprint density at radius 3 is 1.76 bits per heavy atom. The first-order chi connectivity index (χ1) is 12.0.